The second-order valence-electron chi connectivity index (χ2n) is 6.00. The topological polar surface area (TPSA) is 82.1 Å². The number of anilines is 1. The first kappa shape index (κ1) is 15.3. The second kappa shape index (κ2) is 6.35. The van der Waals surface area contributed by atoms with Crippen molar-refractivity contribution in [3.05, 3.63) is 55.1 Å². The van der Waals surface area contributed by atoms with Gasteiger partial charge in [-0.05, 0) is 25.1 Å². The van der Waals surface area contributed by atoms with Crippen LogP contribution < -0.4 is 14.8 Å². The van der Waals surface area contributed by atoms with E-state index >= 15 is 0 Å². The lowest BCUT2D eigenvalue weighted by atomic mass is 10.1. The number of rotatable bonds is 4. The van der Waals surface area contributed by atoms with Gasteiger partial charge in [0, 0.05) is 18.5 Å². The van der Waals surface area contributed by atoms with Gasteiger partial charge in [0.15, 0.2) is 22.9 Å². The standard InChI is InChI=1S/C18H17N5O2/c1-18(11-24-14-5-2-3-6-15(14)25-18)10-21-16-9-13(22-12-23-16)17-19-7-4-8-20-17/h2-9,12H,10-11H2,1H3,(H,21,22,23). The van der Waals surface area contributed by atoms with Crippen LogP contribution in [0.15, 0.2) is 55.1 Å². The van der Waals surface area contributed by atoms with Gasteiger partial charge in [-0.3, -0.25) is 0 Å². The van der Waals surface area contributed by atoms with Gasteiger partial charge in [-0.2, -0.15) is 0 Å². The summed E-state index contributed by atoms with van der Waals surface area (Å²) in [5.41, 5.74) is 0.164. The molecule has 2 aromatic heterocycles. The van der Waals surface area contributed by atoms with Crippen LogP contribution in [0.25, 0.3) is 11.5 Å². The monoisotopic (exact) mass is 335 g/mol. The number of aromatic nitrogens is 4. The molecule has 25 heavy (non-hydrogen) atoms. The number of nitrogens with zero attached hydrogens (tertiary/aromatic N) is 4. The van der Waals surface area contributed by atoms with Gasteiger partial charge in [-0.25, -0.2) is 19.9 Å². The minimum absolute atomic E-state index is 0.455. The first-order valence-corrected chi connectivity index (χ1v) is 7.96. The Morgan fingerprint density at radius 3 is 2.68 bits per heavy atom. The highest BCUT2D eigenvalue weighted by Crippen LogP contribution is 2.34. The van der Waals surface area contributed by atoms with Crippen molar-refractivity contribution in [1.82, 2.24) is 19.9 Å². The Morgan fingerprint density at radius 1 is 1.04 bits per heavy atom. The Morgan fingerprint density at radius 2 is 1.84 bits per heavy atom. The van der Waals surface area contributed by atoms with Crippen LogP contribution in [0.4, 0.5) is 5.82 Å². The molecular formula is C18H17N5O2. The molecule has 7 heteroatoms. The molecule has 1 atom stereocenters. The SMILES string of the molecule is CC1(CNc2cc(-c3ncccn3)ncn2)COc2ccccc2O1. The largest absolute Gasteiger partial charge is 0.485 e. The van der Waals surface area contributed by atoms with Crippen molar-refractivity contribution >= 4 is 5.82 Å². The Labute approximate surface area is 145 Å². The fourth-order valence-electron chi connectivity index (χ4n) is 2.55. The van der Waals surface area contributed by atoms with E-state index in [0.717, 1.165) is 11.5 Å². The van der Waals surface area contributed by atoms with E-state index in [2.05, 4.69) is 25.3 Å². The lowest BCUT2D eigenvalue weighted by molar-refractivity contribution is 0.0166. The Bertz CT molecular complexity index is 874. The molecule has 0 aliphatic carbocycles. The molecule has 0 radical (unpaired) electrons. The highest BCUT2D eigenvalue weighted by Gasteiger charge is 2.33. The molecule has 4 rings (SSSR count). The van der Waals surface area contributed by atoms with E-state index in [-0.39, 0.29) is 0 Å². The fourth-order valence-corrected chi connectivity index (χ4v) is 2.55. The molecule has 3 aromatic rings. The van der Waals surface area contributed by atoms with E-state index in [4.69, 9.17) is 9.47 Å². The molecule has 0 spiro atoms. The van der Waals surface area contributed by atoms with Gasteiger partial charge in [0.25, 0.3) is 0 Å². The Hall–Kier alpha value is -3.22. The number of hydrogen-bond acceptors (Lipinski definition) is 7. The van der Waals surface area contributed by atoms with Crippen molar-refractivity contribution in [2.24, 2.45) is 0 Å². The highest BCUT2D eigenvalue weighted by molar-refractivity contribution is 5.54. The molecule has 1 unspecified atom stereocenters. The lowest BCUT2D eigenvalue weighted by Crippen LogP contribution is -2.47. The smallest absolute Gasteiger partial charge is 0.178 e. The van der Waals surface area contributed by atoms with Crippen LogP contribution in [0.1, 0.15) is 6.92 Å². The second-order valence-corrected chi connectivity index (χ2v) is 6.00. The zero-order chi connectivity index (χ0) is 17.1. The number of ether oxygens (including phenoxy) is 2. The summed E-state index contributed by atoms with van der Waals surface area (Å²) in [5, 5.41) is 3.28. The van der Waals surface area contributed by atoms with Crippen molar-refractivity contribution < 1.29 is 9.47 Å². The van der Waals surface area contributed by atoms with Crippen LogP contribution in [0.3, 0.4) is 0 Å². The average Bonchev–Trinajstić information content (AvgIpc) is 2.67. The van der Waals surface area contributed by atoms with Crippen LogP contribution in [0.2, 0.25) is 0 Å². The lowest BCUT2D eigenvalue weighted by Gasteiger charge is -2.35. The number of fused-ring (bicyclic) bond motifs is 1. The summed E-state index contributed by atoms with van der Waals surface area (Å²) in [6.07, 6.45) is 4.86. The maximum Gasteiger partial charge on any atom is 0.178 e. The van der Waals surface area contributed by atoms with E-state index < -0.39 is 5.60 Å². The molecule has 1 aromatic carbocycles. The molecule has 0 saturated heterocycles. The first-order valence-electron chi connectivity index (χ1n) is 7.96. The highest BCUT2D eigenvalue weighted by atomic mass is 16.6. The van der Waals surface area contributed by atoms with Crippen molar-refractivity contribution in [2.45, 2.75) is 12.5 Å². The van der Waals surface area contributed by atoms with Gasteiger partial charge >= 0.3 is 0 Å². The molecule has 1 aliphatic heterocycles. The molecule has 1 aliphatic rings. The van der Waals surface area contributed by atoms with Crippen molar-refractivity contribution in [2.75, 3.05) is 18.5 Å². The van der Waals surface area contributed by atoms with E-state index in [9.17, 15) is 0 Å². The minimum atomic E-state index is -0.497. The van der Waals surface area contributed by atoms with Crippen LogP contribution in [0, 0.1) is 0 Å². The maximum absolute atomic E-state index is 6.10. The Kier molecular flexibility index (Phi) is 3.89. The average molecular weight is 335 g/mol. The molecule has 0 amide bonds. The van der Waals surface area contributed by atoms with Gasteiger partial charge in [0.2, 0.25) is 0 Å². The number of hydrogen-bond donors (Lipinski definition) is 1. The molecule has 3 heterocycles. The van der Waals surface area contributed by atoms with E-state index in [0.29, 0.717) is 30.5 Å². The summed E-state index contributed by atoms with van der Waals surface area (Å²) in [4.78, 5) is 16.9. The van der Waals surface area contributed by atoms with Crippen LogP contribution in [-0.2, 0) is 0 Å². The van der Waals surface area contributed by atoms with Crippen molar-refractivity contribution in [3.63, 3.8) is 0 Å². The third-order valence-electron chi connectivity index (χ3n) is 3.84. The van der Waals surface area contributed by atoms with Gasteiger partial charge in [-0.1, -0.05) is 12.1 Å². The summed E-state index contributed by atoms with van der Waals surface area (Å²) >= 11 is 0. The van der Waals surface area contributed by atoms with Crippen LogP contribution in [0.5, 0.6) is 11.5 Å². The van der Waals surface area contributed by atoms with Gasteiger partial charge in [-0.15, -0.1) is 0 Å². The van der Waals surface area contributed by atoms with Gasteiger partial charge in [0.1, 0.15) is 24.4 Å². The summed E-state index contributed by atoms with van der Waals surface area (Å²) in [5.74, 6) is 2.76. The Balaban J connectivity index is 1.47. The molecule has 126 valence electrons. The maximum atomic E-state index is 6.10. The molecule has 0 fully saturated rings. The molecular weight excluding hydrogens is 318 g/mol. The van der Waals surface area contributed by atoms with Crippen molar-refractivity contribution in [1.29, 1.82) is 0 Å². The van der Waals surface area contributed by atoms with Crippen LogP contribution >= 0.6 is 0 Å². The molecule has 1 N–H and O–H groups in total. The number of benzene rings is 1. The summed E-state index contributed by atoms with van der Waals surface area (Å²) in [6, 6.07) is 11.2. The molecule has 0 saturated carbocycles. The van der Waals surface area contributed by atoms with Crippen molar-refractivity contribution in [3.8, 4) is 23.0 Å². The minimum Gasteiger partial charge on any atom is -0.485 e. The van der Waals surface area contributed by atoms with Crippen LogP contribution in [-0.4, -0.2) is 38.7 Å². The zero-order valence-corrected chi connectivity index (χ0v) is 13.7. The van der Waals surface area contributed by atoms with E-state index in [1.807, 2.05) is 37.3 Å². The van der Waals surface area contributed by atoms with E-state index in [1.54, 1.807) is 18.5 Å². The fraction of sp³-hybridized carbons (Fsp3) is 0.222. The normalized spacial score (nSPS) is 18.6. The third kappa shape index (κ3) is 3.35. The van der Waals surface area contributed by atoms with Gasteiger partial charge < -0.3 is 14.8 Å². The molecule has 0 bridgehead atoms. The number of para-hydroxylation sites is 2. The number of nitrogens with one attached hydrogen (secondary N) is 1. The summed E-state index contributed by atoms with van der Waals surface area (Å²) < 4.78 is 11.9. The predicted molar refractivity (Wildman–Crippen MR) is 92.5 cm³/mol. The van der Waals surface area contributed by atoms with Gasteiger partial charge in [0.05, 0.1) is 6.54 Å². The zero-order valence-electron chi connectivity index (χ0n) is 13.7. The first-order chi connectivity index (χ1) is 12.2. The predicted octanol–water partition coefficient (Wildman–Crippen LogP) is 2.58. The summed E-state index contributed by atoms with van der Waals surface area (Å²) in [6.45, 7) is 2.99. The quantitative estimate of drug-likeness (QED) is 0.784. The third-order valence-corrected chi connectivity index (χ3v) is 3.84. The summed E-state index contributed by atoms with van der Waals surface area (Å²) in [7, 11) is 0. The van der Waals surface area contributed by atoms with E-state index in [1.165, 1.54) is 6.33 Å². The molecule has 7 nitrogen and oxygen atoms in total.